The summed E-state index contributed by atoms with van der Waals surface area (Å²) in [5, 5.41) is 6.25. The van der Waals surface area contributed by atoms with Gasteiger partial charge < -0.3 is 20.1 Å². The van der Waals surface area contributed by atoms with Gasteiger partial charge in [-0.05, 0) is 98.8 Å². The van der Waals surface area contributed by atoms with Crippen molar-refractivity contribution in [3.8, 4) is 0 Å². The van der Waals surface area contributed by atoms with Gasteiger partial charge in [0.2, 0.25) is 11.8 Å². The highest BCUT2D eigenvalue weighted by molar-refractivity contribution is 5.77. The second-order valence-corrected chi connectivity index (χ2v) is 14.8. The number of carbonyl (C=O) groups is 2. The van der Waals surface area contributed by atoms with Crippen molar-refractivity contribution in [1.29, 1.82) is 0 Å². The number of nitrogens with one attached hydrogen (secondary N) is 2. The van der Waals surface area contributed by atoms with Crippen molar-refractivity contribution in [3.63, 3.8) is 0 Å². The minimum atomic E-state index is -0.256. The van der Waals surface area contributed by atoms with Crippen LogP contribution in [-0.4, -0.2) is 47.3 Å². The van der Waals surface area contributed by atoms with Gasteiger partial charge in [0.15, 0.2) is 0 Å². The molecule has 0 aromatic heterocycles. The van der Waals surface area contributed by atoms with Gasteiger partial charge in [-0.25, -0.2) is 0 Å². The smallest absolute Gasteiger partial charge is 0.220 e. The SMILES string of the molecule is CCC(=O)NC(C)(C)CCOC(C)(C)CC1CCC(CC(C)(C)OCCC(C)(C)NC(=O)CC(C)C)CC1. The van der Waals surface area contributed by atoms with E-state index in [1.165, 1.54) is 25.7 Å². The maximum Gasteiger partial charge on any atom is 0.220 e. The largest absolute Gasteiger partial charge is 0.375 e. The number of hydrogen-bond donors (Lipinski definition) is 2. The number of amides is 2. The average molecular weight is 539 g/mol. The van der Waals surface area contributed by atoms with Gasteiger partial charge in [-0.15, -0.1) is 0 Å². The normalized spacial score (nSPS) is 19.5. The Labute approximate surface area is 235 Å². The third-order valence-corrected chi connectivity index (χ3v) is 7.84. The van der Waals surface area contributed by atoms with Gasteiger partial charge in [-0.2, -0.15) is 0 Å². The molecule has 6 heteroatoms. The van der Waals surface area contributed by atoms with Gasteiger partial charge in [0.25, 0.3) is 0 Å². The first-order chi connectivity index (χ1) is 17.3. The van der Waals surface area contributed by atoms with Crippen molar-refractivity contribution in [2.45, 2.75) is 163 Å². The molecule has 0 spiro atoms. The summed E-state index contributed by atoms with van der Waals surface area (Å²) in [6.07, 6.45) is 9.87. The van der Waals surface area contributed by atoms with Crippen LogP contribution in [0.1, 0.15) is 140 Å². The lowest BCUT2D eigenvalue weighted by Gasteiger charge is -2.38. The molecule has 2 amide bonds. The van der Waals surface area contributed by atoms with E-state index in [0.29, 0.717) is 43.8 Å². The van der Waals surface area contributed by atoms with Gasteiger partial charge in [0.05, 0.1) is 11.2 Å². The molecule has 1 aliphatic carbocycles. The number of hydrogen-bond acceptors (Lipinski definition) is 4. The van der Waals surface area contributed by atoms with E-state index in [1.54, 1.807) is 0 Å². The molecule has 1 saturated carbocycles. The Kier molecular flexibility index (Phi) is 13.8. The fourth-order valence-electron chi connectivity index (χ4n) is 5.70. The van der Waals surface area contributed by atoms with E-state index in [0.717, 1.165) is 25.7 Å². The topological polar surface area (TPSA) is 76.7 Å². The molecule has 0 aliphatic heterocycles. The molecule has 1 rings (SSSR count). The van der Waals surface area contributed by atoms with Crippen molar-refractivity contribution in [3.05, 3.63) is 0 Å². The molecule has 0 atom stereocenters. The fraction of sp³-hybridized carbons (Fsp3) is 0.938. The van der Waals surface area contributed by atoms with Gasteiger partial charge in [-0.1, -0.05) is 46.5 Å². The molecule has 0 aromatic rings. The van der Waals surface area contributed by atoms with Crippen molar-refractivity contribution >= 4 is 11.8 Å². The summed E-state index contributed by atoms with van der Waals surface area (Å²) in [4.78, 5) is 23.9. The first-order valence-corrected chi connectivity index (χ1v) is 15.2. The summed E-state index contributed by atoms with van der Waals surface area (Å²) in [7, 11) is 0. The number of ether oxygens (including phenoxy) is 2. The average Bonchev–Trinajstić information content (AvgIpc) is 2.72. The molecular weight excluding hydrogens is 476 g/mol. The highest BCUT2D eigenvalue weighted by Crippen LogP contribution is 2.38. The van der Waals surface area contributed by atoms with Gasteiger partial charge in [-0.3, -0.25) is 9.59 Å². The van der Waals surface area contributed by atoms with Crippen molar-refractivity contribution in [2.24, 2.45) is 17.8 Å². The van der Waals surface area contributed by atoms with Crippen LogP contribution < -0.4 is 10.6 Å². The number of carbonyl (C=O) groups excluding carboxylic acids is 2. The predicted molar refractivity (Wildman–Crippen MR) is 158 cm³/mol. The Morgan fingerprint density at radius 3 is 1.42 bits per heavy atom. The second kappa shape index (κ2) is 15.0. The van der Waals surface area contributed by atoms with Gasteiger partial charge in [0.1, 0.15) is 0 Å². The van der Waals surface area contributed by atoms with Crippen LogP contribution in [0.25, 0.3) is 0 Å². The fourth-order valence-corrected chi connectivity index (χ4v) is 5.70. The van der Waals surface area contributed by atoms with Crippen LogP contribution in [0.4, 0.5) is 0 Å². The van der Waals surface area contributed by atoms with Gasteiger partial charge >= 0.3 is 0 Å². The maximum absolute atomic E-state index is 12.2. The Hall–Kier alpha value is -1.14. The minimum absolute atomic E-state index is 0.0917. The molecule has 38 heavy (non-hydrogen) atoms. The highest BCUT2D eigenvalue weighted by Gasteiger charge is 2.32. The van der Waals surface area contributed by atoms with Crippen LogP contribution in [0.3, 0.4) is 0 Å². The molecule has 0 unspecified atom stereocenters. The molecule has 224 valence electrons. The third kappa shape index (κ3) is 15.5. The second-order valence-electron chi connectivity index (χ2n) is 14.8. The van der Waals surface area contributed by atoms with E-state index in [4.69, 9.17) is 9.47 Å². The van der Waals surface area contributed by atoms with E-state index in [2.05, 4.69) is 79.9 Å². The summed E-state index contributed by atoms with van der Waals surface area (Å²) in [6.45, 7) is 24.5. The quantitative estimate of drug-likeness (QED) is 0.205. The Morgan fingerprint density at radius 1 is 0.711 bits per heavy atom. The minimum Gasteiger partial charge on any atom is -0.375 e. The molecular formula is C32H62N2O4. The first kappa shape index (κ1) is 34.9. The lowest BCUT2D eigenvalue weighted by Crippen LogP contribution is -2.45. The summed E-state index contributed by atoms with van der Waals surface area (Å²) in [5.74, 6) is 1.99. The first-order valence-electron chi connectivity index (χ1n) is 15.2. The molecule has 6 nitrogen and oxygen atoms in total. The maximum atomic E-state index is 12.2. The van der Waals surface area contributed by atoms with Crippen molar-refractivity contribution < 1.29 is 19.1 Å². The van der Waals surface area contributed by atoms with Crippen LogP contribution >= 0.6 is 0 Å². The van der Waals surface area contributed by atoms with E-state index < -0.39 is 0 Å². The lowest BCUT2D eigenvalue weighted by molar-refractivity contribution is -0.124. The van der Waals surface area contributed by atoms with Crippen molar-refractivity contribution in [2.75, 3.05) is 13.2 Å². The van der Waals surface area contributed by atoms with Crippen LogP contribution in [-0.2, 0) is 19.1 Å². The zero-order valence-corrected chi connectivity index (χ0v) is 26.9. The molecule has 1 fully saturated rings. The van der Waals surface area contributed by atoms with Crippen molar-refractivity contribution in [1.82, 2.24) is 10.6 Å². The molecule has 0 aromatic carbocycles. The Bertz CT molecular complexity index is 719. The van der Waals surface area contributed by atoms with E-state index >= 15 is 0 Å². The predicted octanol–water partition coefficient (Wildman–Crippen LogP) is 7.19. The Balaban J connectivity index is 2.37. The molecule has 0 saturated heterocycles. The van der Waals surface area contributed by atoms with E-state index in [1.807, 2.05) is 6.92 Å². The third-order valence-electron chi connectivity index (χ3n) is 7.84. The lowest BCUT2D eigenvalue weighted by atomic mass is 9.74. The van der Waals surface area contributed by atoms with E-state index in [-0.39, 0.29) is 34.1 Å². The molecule has 0 bridgehead atoms. The monoisotopic (exact) mass is 538 g/mol. The van der Waals surface area contributed by atoms with Crippen LogP contribution in [0.2, 0.25) is 0 Å². The number of rotatable bonds is 17. The van der Waals surface area contributed by atoms with E-state index in [9.17, 15) is 9.59 Å². The summed E-state index contributed by atoms with van der Waals surface area (Å²) in [5.41, 5.74) is -0.804. The molecule has 2 N–H and O–H groups in total. The molecule has 0 heterocycles. The van der Waals surface area contributed by atoms with Crippen LogP contribution in [0.5, 0.6) is 0 Å². The molecule has 1 aliphatic rings. The van der Waals surface area contributed by atoms with Crippen LogP contribution in [0.15, 0.2) is 0 Å². The summed E-state index contributed by atoms with van der Waals surface area (Å²) in [6, 6.07) is 0. The summed E-state index contributed by atoms with van der Waals surface area (Å²) >= 11 is 0. The standard InChI is InChI=1S/C32H62N2O4/c1-12-27(35)33-29(4,5)17-19-37-31(8,9)22-25-13-15-26(16-14-25)23-32(10,11)38-20-18-30(6,7)34-28(36)21-24(2)3/h24-26H,12-23H2,1-11H3,(H,33,35)(H,34,36). The summed E-state index contributed by atoms with van der Waals surface area (Å²) < 4.78 is 12.7. The molecule has 0 radical (unpaired) electrons. The Morgan fingerprint density at radius 2 is 1.08 bits per heavy atom. The highest BCUT2D eigenvalue weighted by atomic mass is 16.5. The van der Waals surface area contributed by atoms with Crippen LogP contribution in [0, 0.1) is 17.8 Å². The zero-order valence-electron chi connectivity index (χ0n) is 26.9. The van der Waals surface area contributed by atoms with Gasteiger partial charge in [0, 0.05) is 37.1 Å². The zero-order chi connectivity index (χ0) is 29.2.